The molecule has 0 saturated heterocycles. The summed E-state index contributed by atoms with van der Waals surface area (Å²) in [4.78, 5) is 4.02. The van der Waals surface area contributed by atoms with Crippen LogP contribution >= 0.6 is 11.6 Å². The number of halogens is 1. The van der Waals surface area contributed by atoms with Crippen molar-refractivity contribution < 1.29 is 0 Å². The number of nitrogens with one attached hydrogen (secondary N) is 1. The van der Waals surface area contributed by atoms with Crippen LogP contribution in [0.3, 0.4) is 0 Å². The molecule has 1 aliphatic carbocycles. The van der Waals surface area contributed by atoms with E-state index in [1.807, 2.05) is 16.8 Å². The summed E-state index contributed by atoms with van der Waals surface area (Å²) in [6, 6.07) is 0. The predicted octanol–water partition coefficient (Wildman–Crippen LogP) is 1.77. The second-order valence-corrected chi connectivity index (χ2v) is 5.14. The molecule has 7 heteroatoms. The molecule has 3 aromatic rings. The number of H-pyrrole nitrogens is 1. The van der Waals surface area contributed by atoms with Gasteiger partial charge in [0.1, 0.15) is 5.82 Å². The Morgan fingerprint density at radius 1 is 1.37 bits per heavy atom. The summed E-state index contributed by atoms with van der Waals surface area (Å²) in [5.74, 6) is 1.30. The third kappa shape index (κ3) is 1.63. The van der Waals surface area contributed by atoms with Gasteiger partial charge in [0, 0.05) is 24.0 Å². The molecule has 0 spiro atoms. The third-order valence-electron chi connectivity index (χ3n) is 3.69. The van der Waals surface area contributed by atoms with E-state index in [-0.39, 0.29) is 0 Å². The highest BCUT2D eigenvalue weighted by molar-refractivity contribution is 6.32. The SMILES string of the molecule is Clc1nccn2c(C3CCc4[nH]ncc4C3)nnc12. The number of aryl methyl sites for hydroxylation is 1. The first-order chi connectivity index (χ1) is 9.33. The molecule has 0 fully saturated rings. The zero-order valence-corrected chi connectivity index (χ0v) is 10.8. The van der Waals surface area contributed by atoms with E-state index in [4.69, 9.17) is 11.6 Å². The normalized spacial score (nSPS) is 18.7. The molecule has 1 aliphatic rings. The Morgan fingerprint density at radius 3 is 3.26 bits per heavy atom. The molecular weight excluding hydrogens is 264 g/mol. The summed E-state index contributed by atoms with van der Waals surface area (Å²) in [5, 5.41) is 16.0. The number of hydrogen-bond acceptors (Lipinski definition) is 4. The van der Waals surface area contributed by atoms with Gasteiger partial charge in [0.25, 0.3) is 0 Å². The second-order valence-electron chi connectivity index (χ2n) is 4.78. The number of fused-ring (bicyclic) bond motifs is 2. The lowest BCUT2D eigenvalue weighted by Crippen LogP contribution is -2.14. The maximum atomic E-state index is 6.02. The van der Waals surface area contributed by atoms with E-state index >= 15 is 0 Å². The highest BCUT2D eigenvalue weighted by Gasteiger charge is 2.25. The fourth-order valence-electron chi connectivity index (χ4n) is 2.73. The van der Waals surface area contributed by atoms with E-state index < -0.39 is 0 Å². The Morgan fingerprint density at radius 2 is 2.32 bits per heavy atom. The van der Waals surface area contributed by atoms with Crippen LogP contribution in [-0.2, 0) is 12.8 Å². The molecule has 0 amide bonds. The van der Waals surface area contributed by atoms with Crippen molar-refractivity contribution in [2.75, 3.05) is 0 Å². The first-order valence-electron chi connectivity index (χ1n) is 6.19. The molecule has 0 aromatic carbocycles. The van der Waals surface area contributed by atoms with E-state index in [1.54, 1.807) is 6.20 Å². The van der Waals surface area contributed by atoms with Crippen molar-refractivity contribution in [3.63, 3.8) is 0 Å². The van der Waals surface area contributed by atoms with Crippen molar-refractivity contribution >= 4 is 17.2 Å². The van der Waals surface area contributed by atoms with Gasteiger partial charge >= 0.3 is 0 Å². The van der Waals surface area contributed by atoms with Gasteiger partial charge in [0.05, 0.1) is 6.20 Å². The van der Waals surface area contributed by atoms with Crippen molar-refractivity contribution in [2.24, 2.45) is 0 Å². The Labute approximate surface area is 113 Å². The van der Waals surface area contributed by atoms with E-state index in [2.05, 4.69) is 25.4 Å². The first-order valence-corrected chi connectivity index (χ1v) is 6.57. The fourth-order valence-corrected chi connectivity index (χ4v) is 2.91. The third-order valence-corrected chi connectivity index (χ3v) is 3.96. The standard InChI is InChI=1S/C12H11ClN6/c13-10-12-18-17-11(19(12)4-3-14-10)7-1-2-9-8(5-7)6-15-16-9/h3-4,6-7H,1-2,5H2,(H,15,16). The fraction of sp³-hybridized carbons (Fsp3) is 0.333. The van der Waals surface area contributed by atoms with Crippen molar-refractivity contribution in [1.82, 2.24) is 29.8 Å². The molecule has 1 unspecified atom stereocenters. The van der Waals surface area contributed by atoms with Gasteiger partial charge < -0.3 is 0 Å². The molecule has 3 heterocycles. The van der Waals surface area contributed by atoms with E-state index in [0.717, 1.165) is 25.1 Å². The van der Waals surface area contributed by atoms with Gasteiger partial charge in [-0.15, -0.1) is 10.2 Å². The topological polar surface area (TPSA) is 71.8 Å². The first kappa shape index (κ1) is 10.9. The molecule has 4 rings (SSSR count). The quantitative estimate of drug-likeness (QED) is 0.734. The summed E-state index contributed by atoms with van der Waals surface area (Å²) < 4.78 is 1.94. The van der Waals surface area contributed by atoms with Crippen LogP contribution in [-0.4, -0.2) is 29.8 Å². The average Bonchev–Trinajstić information content (AvgIpc) is 3.04. The number of hydrogen-bond donors (Lipinski definition) is 1. The number of nitrogens with zero attached hydrogens (tertiary/aromatic N) is 5. The zero-order chi connectivity index (χ0) is 12.8. The minimum Gasteiger partial charge on any atom is -0.282 e. The van der Waals surface area contributed by atoms with Crippen molar-refractivity contribution in [2.45, 2.75) is 25.2 Å². The summed E-state index contributed by atoms with van der Waals surface area (Å²) in [6.07, 6.45) is 8.41. The highest BCUT2D eigenvalue weighted by atomic mass is 35.5. The summed E-state index contributed by atoms with van der Waals surface area (Å²) in [7, 11) is 0. The van der Waals surface area contributed by atoms with Crippen molar-refractivity contribution in [3.05, 3.63) is 40.8 Å². The molecule has 0 radical (unpaired) electrons. The molecule has 3 aromatic heterocycles. The Balaban J connectivity index is 1.78. The van der Waals surface area contributed by atoms with Gasteiger partial charge in [-0.25, -0.2) is 4.98 Å². The van der Waals surface area contributed by atoms with Crippen molar-refractivity contribution in [1.29, 1.82) is 0 Å². The van der Waals surface area contributed by atoms with E-state index in [9.17, 15) is 0 Å². The van der Waals surface area contributed by atoms with Gasteiger partial charge in [-0.3, -0.25) is 9.50 Å². The summed E-state index contributed by atoms with van der Waals surface area (Å²) >= 11 is 6.02. The van der Waals surface area contributed by atoms with Gasteiger partial charge in [-0.2, -0.15) is 5.10 Å². The smallest absolute Gasteiger partial charge is 0.198 e. The Hall–Kier alpha value is -1.95. The number of rotatable bonds is 1. The lowest BCUT2D eigenvalue weighted by molar-refractivity contribution is 0.546. The highest BCUT2D eigenvalue weighted by Crippen LogP contribution is 2.31. The average molecular weight is 275 g/mol. The van der Waals surface area contributed by atoms with Gasteiger partial charge in [0.15, 0.2) is 10.8 Å². The van der Waals surface area contributed by atoms with Crippen LogP contribution in [0.1, 0.15) is 29.4 Å². The molecule has 0 bridgehead atoms. The largest absolute Gasteiger partial charge is 0.282 e. The molecule has 0 saturated carbocycles. The van der Waals surface area contributed by atoms with Crippen LogP contribution in [0.2, 0.25) is 5.15 Å². The molecule has 6 nitrogen and oxygen atoms in total. The minimum absolute atomic E-state index is 0.346. The van der Waals surface area contributed by atoms with E-state index in [0.29, 0.717) is 16.7 Å². The van der Waals surface area contributed by atoms with Crippen LogP contribution in [0.4, 0.5) is 0 Å². The van der Waals surface area contributed by atoms with Crippen LogP contribution < -0.4 is 0 Å². The number of aromatic nitrogens is 6. The van der Waals surface area contributed by atoms with Crippen LogP contribution in [0.15, 0.2) is 18.6 Å². The number of aromatic amines is 1. The molecule has 96 valence electrons. The second kappa shape index (κ2) is 4.03. The summed E-state index contributed by atoms with van der Waals surface area (Å²) in [6.45, 7) is 0. The van der Waals surface area contributed by atoms with E-state index in [1.165, 1.54) is 11.3 Å². The molecule has 0 aliphatic heterocycles. The molecule has 1 atom stereocenters. The monoisotopic (exact) mass is 274 g/mol. The van der Waals surface area contributed by atoms with Gasteiger partial charge in [-0.05, 0) is 24.8 Å². The lowest BCUT2D eigenvalue weighted by atomic mass is 9.87. The Bertz CT molecular complexity index is 746. The maximum absolute atomic E-state index is 6.02. The maximum Gasteiger partial charge on any atom is 0.198 e. The molecule has 1 N–H and O–H groups in total. The van der Waals surface area contributed by atoms with Gasteiger partial charge in [-0.1, -0.05) is 11.6 Å². The van der Waals surface area contributed by atoms with Crippen LogP contribution in [0, 0.1) is 0 Å². The molecule has 19 heavy (non-hydrogen) atoms. The van der Waals surface area contributed by atoms with Crippen LogP contribution in [0.5, 0.6) is 0 Å². The Kier molecular flexibility index (Phi) is 2.32. The van der Waals surface area contributed by atoms with Crippen molar-refractivity contribution in [3.8, 4) is 0 Å². The minimum atomic E-state index is 0.346. The van der Waals surface area contributed by atoms with Crippen LogP contribution in [0.25, 0.3) is 5.65 Å². The summed E-state index contributed by atoms with van der Waals surface area (Å²) in [5.41, 5.74) is 3.13. The molecular formula is C12H11ClN6. The predicted molar refractivity (Wildman–Crippen MR) is 69.1 cm³/mol. The zero-order valence-electron chi connectivity index (χ0n) is 10.0. The lowest BCUT2D eigenvalue weighted by Gasteiger charge is -2.19. The van der Waals surface area contributed by atoms with Gasteiger partial charge in [0.2, 0.25) is 0 Å².